The minimum atomic E-state index is -0.584. The molecular formula is C14H19FN2O3. The number of likely N-dealkylation sites (N-methyl/N-ethyl adjacent to an activating group) is 1. The summed E-state index contributed by atoms with van der Waals surface area (Å²) < 4.78 is 13.1. The minimum Gasteiger partial charge on any atom is -0.507 e. The smallest absolute Gasteiger partial charge is 0.233 e. The molecule has 0 atom stereocenters. The van der Waals surface area contributed by atoms with Gasteiger partial charge in [0.25, 0.3) is 0 Å². The van der Waals surface area contributed by atoms with Crippen LogP contribution in [0.15, 0.2) is 18.2 Å². The van der Waals surface area contributed by atoms with E-state index >= 15 is 0 Å². The number of aromatic hydroxyl groups is 1. The molecule has 0 saturated heterocycles. The van der Waals surface area contributed by atoms with E-state index in [4.69, 9.17) is 0 Å². The highest BCUT2D eigenvalue weighted by Crippen LogP contribution is 2.18. The van der Waals surface area contributed by atoms with Gasteiger partial charge >= 0.3 is 0 Å². The summed E-state index contributed by atoms with van der Waals surface area (Å²) in [4.78, 5) is 25.1. The number of phenols is 1. The van der Waals surface area contributed by atoms with Crippen molar-refractivity contribution in [3.8, 4) is 5.75 Å². The number of phenolic OH excluding ortho intramolecular Hbond substituents is 1. The van der Waals surface area contributed by atoms with Gasteiger partial charge in [0, 0.05) is 7.05 Å². The summed E-state index contributed by atoms with van der Waals surface area (Å²) in [7, 11) is 1.52. The Balaban J connectivity index is 2.79. The van der Waals surface area contributed by atoms with Crippen LogP contribution in [-0.2, 0) is 4.79 Å². The first-order valence-corrected chi connectivity index (χ1v) is 6.42. The summed E-state index contributed by atoms with van der Waals surface area (Å²) in [6.45, 7) is 2.54. The monoisotopic (exact) mass is 282 g/mol. The average Bonchev–Trinajstić information content (AvgIpc) is 2.41. The van der Waals surface area contributed by atoms with Crippen molar-refractivity contribution in [1.29, 1.82) is 0 Å². The maximum atomic E-state index is 13.1. The molecule has 0 saturated carbocycles. The Bertz CT molecular complexity index is 491. The van der Waals surface area contributed by atoms with Crippen LogP contribution in [0.4, 0.5) is 4.39 Å². The van der Waals surface area contributed by atoms with Crippen LogP contribution in [0.25, 0.3) is 0 Å². The third kappa shape index (κ3) is 4.62. The van der Waals surface area contributed by atoms with Gasteiger partial charge in [0.15, 0.2) is 5.78 Å². The van der Waals surface area contributed by atoms with Crippen LogP contribution in [0.3, 0.4) is 0 Å². The number of ketones is 1. The third-order valence-corrected chi connectivity index (χ3v) is 2.81. The van der Waals surface area contributed by atoms with Crippen molar-refractivity contribution in [2.24, 2.45) is 0 Å². The lowest BCUT2D eigenvalue weighted by Crippen LogP contribution is -2.39. The molecule has 0 heterocycles. The lowest BCUT2D eigenvalue weighted by Gasteiger charge is -2.20. The van der Waals surface area contributed by atoms with E-state index in [2.05, 4.69) is 5.32 Å². The number of carbonyl (C=O) groups excluding carboxylic acids is 2. The molecule has 0 aliphatic rings. The van der Waals surface area contributed by atoms with Crippen LogP contribution in [0, 0.1) is 5.82 Å². The number of carbonyl (C=O) groups is 2. The Morgan fingerprint density at radius 2 is 2.05 bits per heavy atom. The zero-order valence-corrected chi connectivity index (χ0v) is 11.6. The largest absolute Gasteiger partial charge is 0.507 e. The molecule has 0 aliphatic carbocycles. The number of hydrogen-bond donors (Lipinski definition) is 2. The highest BCUT2D eigenvalue weighted by molar-refractivity contribution is 6.00. The van der Waals surface area contributed by atoms with E-state index in [1.807, 2.05) is 6.92 Å². The van der Waals surface area contributed by atoms with Crippen molar-refractivity contribution in [1.82, 2.24) is 10.2 Å². The molecule has 6 heteroatoms. The summed E-state index contributed by atoms with van der Waals surface area (Å²) in [5.74, 6) is -1.46. The number of benzene rings is 1. The van der Waals surface area contributed by atoms with Crippen molar-refractivity contribution >= 4 is 11.7 Å². The molecule has 110 valence electrons. The molecule has 0 unspecified atom stereocenters. The van der Waals surface area contributed by atoms with Crippen molar-refractivity contribution in [3.63, 3.8) is 0 Å². The second-order valence-corrected chi connectivity index (χ2v) is 4.47. The minimum absolute atomic E-state index is 0.0434. The molecule has 1 aromatic carbocycles. The fraction of sp³-hybridized carbons (Fsp3) is 0.429. The van der Waals surface area contributed by atoms with Crippen LogP contribution in [0.5, 0.6) is 5.75 Å². The summed E-state index contributed by atoms with van der Waals surface area (Å²) >= 11 is 0. The number of hydrogen-bond acceptors (Lipinski definition) is 4. The number of Topliss-reactive ketones (excluding diaryl/α,β-unsaturated/α-hetero) is 1. The van der Waals surface area contributed by atoms with Gasteiger partial charge in [-0.25, -0.2) is 4.39 Å². The van der Waals surface area contributed by atoms with E-state index < -0.39 is 11.6 Å². The van der Waals surface area contributed by atoms with Crippen LogP contribution in [0.1, 0.15) is 23.7 Å². The Morgan fingerprint density at radius 1 is 1.35 bits per heavy atom. The van der Waals surface area contributed by atoms with Gasteiger partial charge in [-0.3, -0.25) is 14.5 Å². The molecule has 5 nitrogen and oxygen atoms in total. The van der Waals surface area contributed by atoms with E-state index in [0.29, 0.717) is 6.54 Å². The number of rotatable bonds is 7. The Hall–Kier alpha value is -1.95. The van der Waals surface area contributed by atoms with E-state index in [-0.39, 0.29) is 30.3 Å². The van der Waals surface area contributed by atoms with Gasteiger partial charge in [0.05, 0.1) is 18.7 Å². The first-order valence-electron chi connectivity index (χ1n) is 6.42. The lowest BCUT2D eigenvalue weighted by atomic mass is 10.1. The number of nitrogens with one attached hydrogen (secondary N) is 1. The molecule has 0 radical (unpaired) electrons. The molecule has 0 aromatic heterocycles. The predicted octanol–water partition coefficient (Wildman–Crippen LogP) is 1.17. The highest BCUT2D eigenvalue weighted by Gasteiger charge is 2.17. The second-order valence-electron chi connectivity index (χ2n) is 4.47. The van der Waals surface area contributed by atoms with Crippen molar-refractivity contribution < 1.29 is 19.1 Å². The van der Waals surface area contributed by atoms with Crippen LogP contribution >= 0.6 is 0 Å². The summed E-state index contributed by atoms with van der Waals surface area (Å²) in [5.41, 5.74) is -0.0667. The average molecular weight is 282 g/mol. The SMILES string of the molecule is CCCN(CC(=O)NC)CC(=O)c1cc(F)ccc1O. The van der Waals surface area contributed by atoms with Crippen molar-refractivity contribution in [2.75, 3.05) is 26.7 Å². The summed E-state index contributed by atoms with van der Waals surface area (Å²) in [6.07, 6.45) is 0.777. The van der Waals surface area contributed by atoms with Gasteiger partial charge in [0.2, 0.25) is 5.91 Å². The molecule has 1 aromatic rings. The number of halogens is 1. The van der Waals surface area contributed by atoms with E-state index in [1.165, 1.54) is 7.05 Å². The lowest BCUT2D eigenvalue weighted by molar-refractivity contribution is -0.121. The zero-order valence-electron chi connectivity index (χ0n) is 11.6. The highest BCUT2D eigenvalue weighted by atomic mass is 19.1. The van der Waals surface area contributed by atoms with Crippen LogP contribution in [-0.4, -0.2) is 48.4 Å². The molecular weight excluding hydrogens is 263 g/mol. The Morgan fingerprint density at radius 3 is 2.65 bits per heavy atom. The molecule has 0 spiro atoms. The first-order chi connectivity index (χ1) is 9.47. The van der Waals surface area contributed by atoms with Gasteiger partial charge in [-0.1, -0.05) is 6.92 Å². The first kappa shape index (κ1) is 16.1. The quantitative estimate of drug-likeness (QED) is 0.737. The fourth-order valence-electron chi connectivity index (χ4n) is 1.83. The second kappa shape index (κ2) is 7.59. The molecule has 0 fully saturated rings. The van der Waals surface area contributed by atoms with Crippen molar-refractivity contribution in [2.45, 2.75) is 13.3 Å². The number of amides is 1. The van der Waals surface area contributed by atoms with Crippen LogP contribution < -0.4 is 5.32 Å². The molecule has 0 bridgehead atoms. The van der Waals surface area contributed by atoms with Gasteiger partial charge < -0.3 is 10.4 Å². The summed E-state index contributed by atoms with van der Waals surface area (Å²) in [5, 5.41) is 12.1. The predicted molar refractivity (Wildman–Crippen MR) is 73.2 cm³/mol. The topological polar surface area (TPSA) is 69.6 Å². The van der Waals surface area contributed by atoms with E-state index in [1.54, 1.807) is 4.90 Å². The van der Waals surface area contributed by atoms with Gasteiger partial charge in [-0.15, -0.1) is 0 Å². The zero-order chi connectivity index (χ0) is 15.1. The fourth-order valence-corrected chi connectivity index (χ4v) is 1.83. The number of nitrogens with zero attached hydrogens (tertiary/aromatic N) is 1. The third-order valence-electron chi connectivity index (χ3n) is 2.81. The maximum Gasteiger partial charge on any atom is 0.233 e. The molecule has 1 rings (SSSR count). The standard InChI is InChI=1S/C14H19FN2O3/c1-3-6-17(9-14(20)16-2)8-13(19)11-7-10(15)4-5-12(11)18/h4-5,7,18H,3,6,8-9H2,1-2H3,(H,16,20). The summed E-state index contributed by atoms with van der Waals surface area (Å²) in [6, 6.07) is 3.23. The Kier molecular flexibility index (Phi) is 6.11. The molecule has 20 heavy (non-hydrogen) atoms. The Labute approximate surface area is 117 Å². The molecule has 0 aliphatic heterocycles. The van der Waals surface area contributed by atoms with Gasteiger partial charge in [0.1, 0.15) is 11.6 Å². The van der Waals surface area contributed by atoms with E-state index in [9.17, 15) is 19.1 Å². The normalized spacial score (nSPS) is 10.6. The van der Waals surface area contributed by atoms with E-state index in [0.717, 1.165) is 24.6 Å². The molecule has 2 N–H and O–H groups in total. The molecule has 1 amide bonds. The van der Waals surface area contributed by atoms with Gasteiger partial charge in [-0.2, -0.15) is 0 Å². The van der Waals surface area contributed by atoms with Crippen molar-refractivity contribution in [3.05, 3.63) is 29.6 Å². The maximum absolute atomic E-state index is 13.1. The van der Waals surface area contributed by atoms with Gasteiger partial charge in [-0.05, 0) is 31.2 Å². The van der Waals surface area contributed by atoms with Crippen LogP contribution in [0.2, 0.25) is 0 Å².